The number of hydrogen-bond acceptors (Lipinski definition) is 8. The van der Waals surface area contributed by atoms with Crippen LogP contribution in [0.15, 0.2) is 0 Å². The summed E-state index contributed by atoms with van der Waals surface area (Å²) < 4.78 is 44.6. The fraction of sp³-hybridized carbons (Fsp3) is 1.00. The molecule has 0 unspecified atom stereocenters. The topological polar surface area (TPSA) is 73.8 Å². The van der Waals surface area contributed by atoms with Crippen molar-refractivity contribution in [2.24, 2.45) is 0 Å². The molecule has 0 radical (unpaired) electrons. The van der Waals surface area contributed by atoms with Crippen molar-refractivity contribution in [3.05, 3.63) is 0 Å². The first-order valence-electron chi connectivity index (χ1n) is 19.1. The Morgan fingerprint density at radius 3 is 0.449 bits per heavy atom. The fourth-order valence-corrected chi connectivity index (χ4v) is 14.9. The van der Waals surface area contributed by atoms with Crippen LogP contribution in [-0.2, 0) is 55.0 Å². The average molecular weight is 828 g/mol. The summed E-state index contributed by atoms with van der Waals surface area (Å²) in [7, 11) is 0.124. The Morgan fingerprint density at radius 2 is 0.347 bits per heavy atom. The van der Waals surface area contributed by atoms with Gasteiger partial charge in [0.05, 0.1) is 52.9 Å². The van der Waals surface area contributed by atoms with Gasteiger partial charge in [-0.25, -0.2) is 0 Å². The molecule has 0 aliphatic rings. The van der Waals surface area contributed by atoms with Crippen LogP contribution in [0.2, 0.25) is 0 Å². The Kier molecular flexibility index (Phi) is 54.1. The summed E-state index contributed by atoms with van der Waals surface area (Å²) in [6, 6.07) is 0. The maximum Gasteiger partial charge on any atom is 1.00 e. The summed E-state index contributed by atoms with van der Waals surface area (Å²) in [5.41, 5.74) is 0. The maximum absolute atomic E-state index is 5.58. The maximum atomic E-state index is 5.58. The van der Waals surface area contributed by atoms with E-state index in [0.717, 1.165) is 106 Å². The molecule has 0 spiro atoms. The van der Waals surface area contributed by atoms with Gasteiger partial charge in [0.2, 0.25) is 0 Å². The van der Waals surface area contributed by atoms with E-state index in [4.69, 9.17) is 37.9 Å². The van der Waals surface area contributed by atoms with Crippen molar-refractivity contribution in [2.45, 2.75) is 55.4 Å². The molecule has 0 aliphatic carbocycles. The number of hydrogen-bond donors (Lipinski definition) is 0. The molecule has 0 fully saturated rings. The van der Waals surface area contributed by atoms with Crippen LogP contribution in [0.25, 0.3) is 0 Å². The van der Waals surface area contributed by atoms with Crippen LogP contribution >= 0.6 is 31.7 Å². The van der Waals surface area contributed by atoms with E-state index in [2.05, 4.69) is 55.4 Å². The zero-order valence-electron chi connectivity index (χ0n) is 33.2. The Bertz CT molecular complexity index is 457. The van der Waals surface area contributed by atoms with Crippen LogP contribution < -0.4 is 0 Å². The molecule has 13 heteroatoms. The Labute approximate surface area is 320 Å². The largest absolute Gasteiger partial charge is 1.00 e. The van der Waals surface area contributed by atoms with Gasteiger partial charge in [0.25, 0.3) is 0 Å². The van der Waals surface area contributed by atoms with Crippen molar-refractivity contribution in [2.75, 3.05) is 180 Å². The molecular weight excluding hydrogens is 748 g/mol. The summed E-state index contributed by atoms with van der Waals surface area (Å²) in [6.45, 7) is 30.4. The molecule has 0 bridgehead atoms. The Hall–Kier alpha value is 1.92. The minimum absolute atomic E-state index is 0. The second-order valence-electron chi connectivity index (χ2n) is 10.9. The molecule has 0 aliphatic heterocycles. The molecule has 49 heavy (non-hydrogen) atoms. The molecule has 302 valence electrons. The van der Waals surface area contributed by atoms with E-state index < -0.39 is 0 Å². The third-order valence-electron chi connectivity index (χ3n) is 7.51. The molecule has 0 atom stereocenters. The van der Waals surface area contributed by atoms with Gasteiger partial charge in [0, 0.05) is 52.9 Å². The number of rotatable bonds is 38. The van der Waals surface area contributed by atoms with Crippen LogP contribution in [0.5, 0.6) is 0 Å². The SMILES string of the molecule is CCOCCP(CCOCC)CCP(CCOCC)CCOCC.CCOCCP(CCOCC)CCP(CCOCC)CCOCC.[Cu+]. The van der Waals surface area contributed by atoms with Gasteiger partial charge in [-0.1, -0.05) is 0 Å². The molecule has 0 rings (SSSR count). The van der Waals surface area contributed by atoms with Gasteiger partial charge in [-0.05, 0) is 129 Å². The summed E-state index contributed by atoms with van der Waals surface area (Å²) in [5.74, 6) is 0. The Balaban J connectivity index is -0.000000846. The molecule has 0 heterocycles. The van der Waals surface area contributed by atoms with Gasteiger partial charge in [-0.15, -0.1) is 31.7 Å². The first-order valence-corrected chi connectivity index (χ1v) is 26.7. The van der Waals surface area contributed by atoms with E-state index in [1.54, 1.807) is 0 Å². The zero-order valence-corrected chi connectivity index (χ0v) is 37.7. The van der Waals surface area contributed by atoms with E-state index in [-0.39, 0.29) is 48.8 Å². The van der Waals surface area contributed by atoms with Crippen LogP contribution in [0.1, 0.15) is 55.4 Å². The van der Waals surface area contributed by atoms with E-state index in [1.807, 2.05) is 0 Å². The zero-order chi connectivity index (χ0) is 35.8. The quantitative estimate of drug-likeness (QED) is 0.0351. The van der Waals surface area contributed by atoms with Gasteiger partial charge in [0.1, 0.15) is 0 Å². The second-order valence-corrected chi connectivity index (χ2v) is 21.7. The van der Waals surface area contributed by atoms with E-state index >= 15 is 0 Å². The summed E-state index contributed by atoms with van der Waals surface area (Å²) >= 11 is 0. The molecule has 0 saturated heterocycles. The average Bonchev–Trinajstić information content (AvgIpc) is 3.09. The van der Waals surface area contributed by atoms with Crippen LogP contribution in [0, 0.1) is 0 Å². The molecule has 0 N–H and O–H groups in total. The molecular formula is C36H80CuO8P4+. The molecule has 8 nitrogen and oxygen atoms in total. The second kappa shape index (κ2) is 47.9. The third kappa shape index (κ3) is 42.5. The van der Waals surface area contributed by atoms with Crippen molar-refractivity contribution in [3.63, 3.8) is 0 Å². The predicted molar refractivity (Wildman–Crippen MR) is 218 cm³/mol. The van der Waals surface area contributed by atoms with Gasteiger partial charge < -0.3 is 37.9 Å². The van der Waals surface area contributed by atoms with E-state index in [1.165, 1.54) is 73.9 Å². The molecule has 0 aromatic rings. The molecule has 0 aromatic heterocycles. The summed E-state index contributed by atoms with van der Waals surface area (Å²) in [5, 5.41) is 0. The fourth-order valence-electron chi connectivity index (χ4n) is 4.61. The minimum Gasteiger partial charge on any atom is -0.381 e. The monoisotopic (exact) mass is 827 g/mol. The van der Waals surface area contributed by atoms with Gasteiger partial charge in [0.15, 0.2) is 0 Å². The molecule has 0 amide bonds. The van der Waals surface area contributed by atoms with Crippen molar-refractivity contribution >= 4 is 31.7 Å². The van der Waals surface area contributed by atoms with Crippen molar-refractivity contribution in [1.29, 1.82) is 0 Å². The van der Waals surface area contributed by atoms with Gasteiger partial charge >= 0.3 is 17.1 Å². The van der Waals surface area contributed by atoms with Crippen LogP contribution in [0.3, 0.4) is 0 Å². The first-order chi connectivity index (χ1) is 23.6. The smallest absolute Gasteiger partial charge is 0.381 e. The van der Waals surface area contributed by atoms with Crippen molar-refractivity contribution < 1.29 is 55.0 Å². The minimum atomic E-state index is 0. The molecule has 0 aromatic carbocycles. The van der Waals surface area contributed by atoms with Crippen LogP contribution in [-0.4, -0.2) is 180 Å². The molecule has 0 saturated carbocycles. The predicted octanol–water partition coefficient (Wildman–Crippen LogP) is 8.19. The van der Waals surface area contributed by atoms with Gasteiger partial charge in [-0.2, -0.15) is 0 Å². The number of ether oxygens (including phenoxy) is 8. The third-order valence-corrected chi connectivity index (χ3v) is 18.2. The Morgan fingerprint density at radius 1 is 0.224 bits per heavy atom. The summed E-state index contributed by atoms with van der Waals surface area (Å²) in [6.07, 6.45) is 15.1. The van der Waals surface area contributed by atoms with Crippen molar-refractivity contribution in [1.82, 2.24) is 0 Å². The van der Waals surface area contributed by atoms with Crippen LogP contribution in [0.4, 0.5) is 0 Å². The summed E-state index contributed by atoms with van der Waals surface area (Å²) in [4.78, 5) is 0. The van der Waals surface area contributed by atoms with E-state index in [0.29, 0.717) is 0 Å². The first kappa shape index (κ1) is 55.3. The van der Waals surface area contributed by atoms with Crippen molar-refractivity contribution in [3.8, 4) is 0 Å². The van der Waals surface area contributed by atoms with Gasteiger partial charge in [-0.3, -0.25) is 0 Å². The van der Waals surface area contributed by atoms with E-state index in [9.17, 15) is 0 Å². The standard InChI is InChI=1S/2C18H40O4P2.Cu/c2*1-5-19-9-13-23(14-10-20-6-2)17-18-24(15-11-21-7-3)16-12-22-8-4;/h2*5-18H2,1-4H3;/q;;+1. The normalized spacial score (nSPS) is 11.5.